The van der Waals surface area contributed by atoms with Crippen LogP contribution in [-0.4, -0.2) is 11.0 Å². The zero-order valence-electron chi connectivity index (χ0n) is 6.42. The number of hydrogen-bond acceptors (Lipinski definition) is 1. The van der Waals surface area contributed by atoms with E-state index >= 15 is 0 Å². The summed E-state index contributed by atoms with van der Waals surface area (Å²) < 4.78 is 0. The molecule has 0 unspecified atom stereocenters. The highest BCUT2D eigenvalue weighted by molar-refractivity contribution is 6.18. The van der Waals surface area contributed by atoms with Gasteiger partial charge in [0.1, 0.15) is 0 Å². The molecular formula is C9H11ClO. The highest BCUT2D eigenvalue weighted by atomic mass is 35.5. The summed E-state index contributed by atoms with van der Waals surface area (Å²) in [6.07, 6.45) is -0.530. The molecule has 0 heterocycles. The number of benzene rings is 1. The molecule has 0 fully saturated rings. The summed E-state index contributed by atoms with van der Waals surface area (Å²) in [6.45, 7) is 2.01. The van der Waals surface area contributed by atoms with Gasteiger partial charge < -0.3 is 5.11 Å². The molecule has 0 radical (unpaired) electrons. The van der Waals surface area contributed by atoms with Gasteiger partial charge in [-0.2, -0.15) is 0 Å². The van der Waals surface area contributed by atoms with Crippen LogP contribution in [0.3, 0.4) is 0 Å². The Balaban J connectivity index is 2.81. The van der Waals surface area contributed by atoms with Gasteiger partial charge in [0.15, 0.2) is 0 Å². The standard InChI is InChI=1S/C9H11ClO/c1-7-2-4-8(5-3-7)9(11)6-10/h2-5,9,11H,6H2,1H3/t9-/m1/s1. The van der Waals surface area contributed by atoms with E-state index in [1.165, 1.54) is 5.56 Å². The second kappa shape index (κ2) is 3.74. The van der Waals surface area contributed by atoms with E-state index < -0.39 is 6.10 Å². The quantitative estimate of drug-likeness (QED) is 0.676. The average Bonchev–Trinajstić information content (AvgIpc) is 2.05. The summed E-state index contributed by atoms with van der Waals surface area (Å²) in [6, 6.07) is 7.71. The van der Waals surface area contributed by atoms with E-state index in [1.54, 1.807) is 0 Å². The fourth-order valence-corrected chi connectivity index (χ4v) is 1.06. The number of alkyl halides is 1. The first-order chi connectivity index (χ1) is 5.24. The van der Waals surface area contributed by atoms with Gasteiger partial charge in [-0.25, -0.2) is 0 Å². The second-order valence-electron chi connectivity index (χ2n) is 2.58. The molecule has 0 aromatic heterocycles. The maximum Gasteiger partial charge on any atom is 0.0925 e. The van der Waals surface area contributed by atoms with E-state index in [-0.39, 0.29) is 5.88 Å². The van der Waals surface area contributed by atoms with Crippen LogP contribution >= 0.6 is 11.6 Å². The predicted octanol–water partition coefficient (Wildman–Crippen LogP) is 2.27. The van der Waals surface area contributed by atoms with Crippen molar-refractivity contribution in [1.29, 1.82) is 0 Å². The van der Waals surface area contributed by atoms with E-state index in [2.05, 4.69) is 0 Å². The van der Waals surface area contributed by atoms with Crippen LogP contribution in [0.1, 0.15) is 17.2 Å². The first kappa shape index (κ1) is 8.57. The maximum atomic E-state index is 9.29. The first-order valence-corrected chi connectivity index (χ1v) is 4.08. The molecule has 0 spiro atoms. The molecular weight excluding hydrogens is 160 g/mol. The van der Waals surface area contributed by atoms with Crippen molar-refractivity contribution in [1.82, 2.24) is 0 Å². The number of aryl methyl sites for hydroxylation is 1. The molecule has 11 heavy (non-hydrogen) atoms. The monoisotopic (exact) mass is 170 g/mol. The molecule has 60 valence electrons. The number of hydrogen-bond donors (Lipinski definition) is 1. The smallest absolute Gasteiger partial charge is 0.0925 e. The van der Waals surface area contributed by atoms with Gasteiger partial charge in [0.2, 0.25) is 0 Å². The Morgan fingerprint density at radius 2 is 1.91 bits per heavy atom. The van der Waals surface area contributed by atoms with E-state index in [0.29, 0.717) is 0 Å². The van der Waals surface area contributed by atoms with E-state index in [4.69, 9.17) is 11.6 Å². The molecule has 0 saturated heterocycles. The molecule has 0 aliphatic rings. The Morgan fingerprint density at radius 1 is 1.36 bits per heavy atom. The molecule has 0 amide bonds. The zero-order valence-corrected chi connectivity index (χ0v) is 7.17. The highest BCUT2D eigenvalue weighted by Crippen LogP contribution is 2.14. The van der Waals surface area contributed by atoms with Crippen LogP contribution in [-0.2, 0) is 0 Å². The predicted molar refractivity (Wildman–Crippen MR) is 46.9 cm³/mol. The van der Waals surface area contributed by atoms with Crippen LogP contribution in [0, 0.1) is 6.92 Å². The Labute approximate surface area is 71.6 Å². The number of aliphatic hydroxyl groups excluding tert-OH is 1. The van der Waals surface area contributed by atoms with E-state index in [9.17, 15) is 5.11 Å². The van der Waals surface area contributed by atoms with Crippen molar-refractivity contribution in [2.75, 3.05) is 5.88 Å². The molecule has 2 heteroatoms. The Morgan fingerprint density at radius 3 is 2.36 bits per heavy atom. The molecule has 1 nitrogen and oxygen atoms in total. The van der Waals surface area contributed by atoms with Crippen molar-refractivity contribution in [3.63, 3.8) is 0 Å². The van der Waals surface area contributed by atoms with Crippen LogP contribution in [0.2, 0.25) is 0 Å². The fourth-order valence-electron chi connectivity index (χ4n) is 0.878. The van der Waals surface area contributed by atoms with Crippen LogP contribution in [0.25, 0.3) is 0 Å². The lowest BCUT2D eigenvalue weighted by Gasteiger charge is -2.05. The highest BCUT2D eigenvalue weighted by Gasteiger charge is 2.03. The maximum absolute atomic E-state index is 9.29. The summed E-state index contributed by atoms with van der Waals surface area (Å²) in [4.78, 5) is 0. The Hall–Kier alpha value is -0.530. The van der Waals surface area contributed by atoms with Crippen LogP contribution in [0.5, 0.6) is 0 Å². The van der Waals surface area contributed by atoms with Crippen LogP contribution < -0.4 is 0 Å². The summed E-state index contributed by atoms with van der Waals surface area (Å²) in [5.74, 6) is 0.253. The van der Waals surface area contributed by atoms with Crippen molar-refractivity contribution in [3.8, 4) is 0 Å². The van der Waals surface area contributed by atoms with Gasteiger partial charge in [-0.3, -0.25) is 0 Å². The molecule has 0 aliphatic carbocycles. The summed E-state index contributed by atoms with van der Waals surface area (Å²) in [5.41, 5.74) is 2.07. The third kappa shape index (κ3) is 2.21. The van der Waals surface area contributed by atoms with Gasteiger partial charge >= 0.3 is 0 Å². The third-order valence-electron chi connectivity index (χ3n) is 1.61. The first-order valence-electron chi connectivity index (χ1n) is 3.54. The molecule has 0 bridgehead atoms. The molecule has 1 aromatic rings. The van der Waals surface area contributed by atoms with Gasteiger partial charge in [-0.05, 0) is 12.5 Å². The van der Waals surface area contributed by atoms with Crippen LogP contribution in [0.4, 0.5) is 0 Å². The van der Waals surface area contributed by atoms with Gasteiger partial charge in [0.05, 0.1) is 12.0 Å². The summed E-state index contributed by atoms with van der Waals surface area (Å²) >= 11 is 5.48. The molecule has 1 aromatic carbocycles. The number of aliphatic hydroxyl groups is 1. The van der Waals surface area contributed by atoms with Crippen LogP contribution in [0.15, 0.2) is 24.3 Å². The van der Waals surface area contributed by atoms with Crippen molar-refractivity contribution in [2.45, 2.75) is 13.0 Å². The van der Waals surface area contributed by atoms with Gasteiger partial charge in [-0.15, -0.1) is 11.6 Å². The molecule has 1 rings (SSSR count). The van der Waals surface area contributed by atoms with Crippen molar-refractivity contribution >= 4 is 11.6 Å². The minimum atomic E-state index is -0.530. The molecule has 1 N–H and O–H groups in total. The molecule has 1 atom stereocenters. The minimum absolute atomic E-state index is 0.253. The summed E-state index contributed by atoms with van der Waals surface area (Å²) in [5, 5.41) is 9.29. The van der Waals surface area contributed by atoms with E-state index in [1.807, 2.05) is 31.2 Å². The van der Waals surface area contributed by atoms with Crippen molar-refractivity contribution in [2.24, 2.45) is 0 Å². The lowest BCUT2D eigenvalue weighted by molar-refractivity contribution is 0.202. The lowest BCUT2D eigenvalue weighted by atomic mass is 10.1. The number of halogens is 1. The van der Waals surface area contributed by atoms with Crippen molar-refractivity contribution < 1.29 is 5.11 Å². The Kier molecular flexibility index (Phi) is 2.92. The zero-order chi connectivity index (χ0) is 8.27. The second-order valence-corrected chi connectivity index (χ2v) is 2.89. The molecule has 0 aliphatic heterocycles. The molecule has 0 saturated carbocycles. The SMILES string of the molecule is Cc1ccc([C@H](O)CCl)cc1. The average molecular weight is 171 g/mol. The van der Waals surface area contributed by atoms with Gasteiger partial charge in [0, 0.05) is 0 Å². The van der Waals surface area contributed by atoms with Gasteiger partial charge in [-0.1, -0.05) is 29.8 Å². The third-order valence-corrected chi connectivity index (χ3v) is 1.90. The lowest BCUT2D eigenvalue weighted by Crippen LogP contribution is -1.97. The topological polar surface area (TPSA) is 20.2 Å². The number of rotatable bonds is 2. The van der Waals surface area contributed by atoms with E-state index in [0.717, 1.165) is 5.56 Å². The minimum Gasteiger partial charge on any atom is -0.387 e. The van der Waals surface area contributed by atoms with Crippen molar-refractivity contribution in [3.05, 3.63) is 35.4 Å². The summed E-state index contributed by atoms with van der Waals surface area (Å²) in [7, 11) is 0. The fraction of sp³-hybridized carbons (Fsp3) is 0.333. The largest absolute Gasteiger partial charge is 0.387 e. The normalized spacial score (nSPS) is 13.0. The Bertz CT molecular complexity index is 218. The van der Waals surface area contributed by atoms with Gasteiger partial charge in [0.25, 0.3) is 0 Å².